The Morgan fingerprint density at radius 3 is 2.60 bits per heavy atom. The van der Waals surface area contributed by atoms with E-state index in [0.29, 0.717) is 10.0 Å². The topological polar surface area (TPSA) is 29.9 Å². The van der Waals surface area contributed by atoms with Crippen LogP contribution in [0.15, 0.2) is 18.2 Å². The molecule has 1 unspecified atom stereocenters. The number of rotatable bonds is 4. The highest BCUT2D eigenvalue weighted by Gasteiger charge is 2.14. The maximum atomic E-state index is 6.25. The van der Waals surface area contributed by atoms with Crippen molar-refractivity contribution in [3.63, 3.8) is 0 Å². The number of aromatic nitrogens is 2. The molecule has 108 valence electrons. The van der Waals surface area contributed by atoms with Crippen molar-refractivity contribution in [1.82, 2.24) is 15.1 Å². The third kappa shape index (κ3) is 3.00. The summed E-state index contributed by atoms with van der Waals surface area (Å²) in [4.78, 5) is 0. The molecular weight excluding hydrogens is 293 g/mol. The van der Waals surface area contributed by atoms with Gasteiger partial charge >= 0.3 is 0 Å². The Morgan fingerprint density at radius 1 is 1.30 bits per heavy atom. The number of hydrogen-bond acceptors (Lipinski definition) is 2. The van der Waals surface area contributed by atoms with E-state index in [4.69, 9.17) is 23.2 Å². The highest BCUT2D eigenvalue weighted by atomic mass is 35.5. The van der Waals surface area contributed by atoms with Gasteiger partial charge in [0.15, 0.2) is 0 Å². The molecule has 2 rings (SSSR count). The van der Waals surface area contributed by atoms with E-state index in [9.17, 15) is 0 Å². The molecule has 0 saturated carbocycles. The number of aryl methyl sites for hydroxylation is 2. The Morgan fingerprint density at radius 2 is 2.00 bits per heavy atom. The Bertz CT molecular complexity index is 620. The molecule has 0 aliphatic heterocycles. The summed E-state index contributed by atoms with van der Waals surface area (Å²) in [7, 11) is 1.96. The zero-order valence-electron chi connectivity index (χ0n) is 12.2. The van der Waals surface area contributed by atoms with Gasteiger partial charge in [-0.2, -0.15) is 5.10 Å². The quantitative estimate of drug-likeness (QED) is 0.917. The molecule has 5 heteroatoms. The number of nitrogens with one attached hydrogen (secondary N) is 1. The van der Waals surface area contributed by atoms with Crippen LogP contribution < -0.4 is 5.32 Å². The van der Waals surface area contributed by atoms with E-state index in [-0.39, 0.29) is 6.04 Å². The third-order valence-corrected chi connectivity index (χ3v) is 4.53. The largest absolute Gasteiger partial charge is 0.306 e. The van der Waals surface area contributed by atoms with Crippen LogP contribution >= 0.6 is 23.2 Å². The van der Waals surface area contributed by atoms with E-state index < -0.39 is 0 Å². The van der Waals surface area contributed by atoms with Gasteiger partial charge in [-0.25, -0.2) is 0 Å². The smallest absolute Gasteiger partial charge is 0.0641 e. The van der Waals surface area contributed by atoms with Crippen molar-refractivity contribution in [3.05, 3.63) is 50.8 Å². The molecule has 0 amide bonds. The lowest BCUT2D eigenvalue weighted by molar-refractivity contribution is 0.571. The number of halogens is 2. The summed E-state index contributed by atoms with van der Waals surface area (Å²) >= 11 is 12.3. The summed E-state index contributed by atoms with van der Waals surface area (Å²) in [5.41, 5.74) is 4.48. The van der Waals surface area contributed by atoms with Crippen molar-refractivity contribution in [2.24, 2.45) is 7.05 Å². The second kappa shape index (κ2) is 6.17. The van der Waals surface area contributed by atoms with Crippen LogP contribution in [0.5, 0.6) is 0 Å². The van der Waals surface area contributed by atoms with Gasteiger partial charge < -0.3 is 5.32 Å². The van der Waals surface area contributed by atoms with Crippen molar-refractivity contribution in [2.75, 3.05) is 0 Å². The minimum atomic E-state index is 0.125. The van der Waals surface area contributed by atoms with E-state index in [1.807, 2.05) is 30.8 Å². The lowest BCUT2D eigenvalue weighted by Crippen LogP contribution is -2.19. The summed E-state index contributed by atoms with van der Waals surface area (Å²) in [6.45, 7) is 6.95. The molecule has 0 bridgehead atoms. The molecule has 1 atom stereocenters. The molecule has 0 saturated heterocycles. The van der Waals surface area contributed by atoms with Crippen molar-refractivity contribution >= 4 is 23.2 Å². The van der Waals surface area contributed by atoms with Crippen LogP contribution in [0, 0.1) is 13.8 Å². The molecule has 1 aromatic heterocycles. The highest BCUT2D eigenvalue weighted by Crippen LogP contribution is 2.30. The lowest BCUT2D eigenvalue weighted by atomic mass is 10.1. The van der Waals surface area contributed by atoms with Crippen LogP contribution in [0.3, 0.4) is 0 Å². The van der Waals surface area contributed by atoms with Crippen molar-refractivity contribution in [3.8, 4) is 0 Å². The zero-order valence-corrected chi connectivity index (χ0v) is 13.7. The fourth-order valence-corrected chi connectivity index (χ4v) is 2.76. The molecule has 0 spiro atoms. The maximum absolute atomic E-state index is 6.25. The van der Waals surface area contributed by atoms with E-state index in [0.717, 1.165) is 17.8 Å². The standard InChI is InChI=1S/C15H19Cl2N3/c1-9(12-6-5-7-14(16)15(12)17)18-8-13-10(2)19-20(4)11(13)3/h5-7,9,18H,8H2,1-4H3. The van der Waals surface area contributed by atoms with Gasteiger partial charge in [0.2, 0.25) is 0 Å². The third-order valence-electron chi connectivity index (χ3n) is 3.69. The zero-order chi connectivity index (χ0) is 14.9. The van der Waals surface area contributed by atoms with Crippen LogP contribution in [0.1, 0.15) is 35.5 Å². The molecule has 20 heavy (non-hydrogen) atoms. The van der Waals surface area contributed by atoms with Gasteiger partial charge in [-0.1, -0.05) is 35.3 Å². The monoisotopic (exact) mass is 311 g/mol. The van der Waals surface area contributed by atoms with Crippen molar-refractivity contribution < 1.29 is 0 Å². The van der Waals surface area contributed by atoms with Crippen LogP contribution in [-0.2, 0) is 13.6 Å². The lowest BCUT2D eigenvalue weighted by Gasteiger charge is -2.16. The number of benzene rings is 1. The summed E-state index contributed by atoms with van der Waals surface area (Å²) in [5.74, 6) is 0. The molecule has 2 aromatic rings. The first kappa shape index (κ1) is 15.4. The van der Waals surface area contributed by atoms with Gasteiger partial charge in [-0.05, 0) is 32.4 Å². The number of hydrogen-bond donors (Lipinski definition) is 1. The van der Waals surface area contributed by atoms with Crippen LogP contribution in [-0.4, -0.2) is 9.78 Å². The minimum Gasteiger partial charge on any atom is -0.306 e. The second-order valence-corrected chi connectivity index (χ2v) is 5.80. The summed E-state index contributed by atoms with van der Waals surface area (Å²) in [6.07, 6.45) is 0. The van der Waals surface area contributed by atoms with Gasteiger partial charge in [0.05, 0.1) is 15.7 Å². The predicted molar refractivity (Wildman–Crippen MR) is 84.4 cm³/mol. The molecule has 0 aliphatic carbocycles. The number of nitrogens with zero attached hydrogens (tertiary/aromatic N) is 2. The van der Waals surface area contributed by atoms with E-state index in [2.05, 4.69) is 24.3 Å². The highest BCUT2D eigenvalue weighted by molar-refractivity contribution is 6.42. The molecule has 3 nitrogen and oxygen atoms in total. The Kier molecular flexibility index (Phi) is 4.74. The van der Waals surface area contributed by atoms with Gasteiger partial charge in [0, 0.05) is 30.9 Å². The Balaban J connectivity index is 2.13. The van der Waals surface area contributed by atoms with Crippen molar-refractivity contribution in [1.29, 1.82) is 0 Å². The summed E-state index contributed by atoms with van der Waals surface area (Å²) < 4.78 is 1.91. The normalized spacial score (nSPS) is 12.7. The first-order valence-corrected chi connectivity index (χ1v) is 7.33. The van der Waals surface area contributed by atoms with E-state index in [1.165, 1.54) is 11.3 Å². The molecule has 1 aromatic carbocycles. The first-order valence-electron chi connectivity index (χ1n) is 6.58. The average Bonchev–Trinajstić information content (AvgIpc) is 2.64. The molecule has 1 N–H and O–H groups in total. The first-order chi connectivity index (χ1) is 9.41. The van der Waals surface area contributed by atoms with Gasteiger partial charge in [0.1, 0.15) is 0 Å². The second-order valence-electron chi connectivity index (χ2n) is 5.02. The summed E-state index contributed by atoms with van der Waals surface area (Å²) in [5, 5.41) is 9.11. The van der Waals surface area contributed by atoms with Crippen LogP contribution in [0.25, 0.3) is 0 Å². The van der Waals surface area contributed by atoms with Gasteiger partial charge in [0.25, 0.3) is 0 Å². The predicted octanol–water partition coefficient (Wildman–Crippen LogP) is 4.19. The van der Waals surface area contributed by atoms with Gasteiger partial charge in [-0.3, -0.25) is 4.68 Å². The van der Waals surface area contributed by atoms with E-state index in [1.54, 1.807) is 6.07 Å². The molecule has 1 heterocycles. The summed E-state index contributed by atoms with van der Waals surface area (Å²) in [6, 6.07) is 5.84. The Labute approximate surface area is 129 Å². The van der Waals surface area contributed by atoms with E-state index >= 15 is 0 Å². The van der Waals surface area contributed by atoms with Crippen LogP contribution in [0.4, 0.5) is 0 Å². The minimum absolute atomic E-state index is 0.125. The van der Waals surface area contributed by atoms with Gasteiger partial charge in [-0.15, -0.1) is 0 Å². The molecular formula is C15H19Cl2N3. The average molecular weight is 312 g/mol. The van der Waals surface area contributed by atoms with Crippen molar-refractivity contribution in [2.45, 2.75) is 33.4 Å². The van der Waals surface area contributed by atoms with Crippen LogP contribution in [0.2, 0.25) is 10.0 Å². The maximum Gasteiger partial charge on any atom is 0.0641 e. The molecule has 0 aliphatic rings. The SMILES string of the molecule is Cc1nn(C)c(C)c1CNC(C)c1cccc(Cl)c1Cl. The molecule has 0 radical (unpaired) electrons. The fourth-order valence-electron chi connectivity index (χ4n) is 2.29. The molecule has 0 fully saturated rings. The Hall–Kier alpha value is -1.03. The fraction of sp³-hybridized carbons (Fsp3) is 0.400.